The third-order valence-corrected chi connectivity index (χ3v) is 5.14. The first-order chi connectivity index (χ1) is 10.1. The van der Waals surface area contributed by atoms with Gasteiger partial charge in [-0.25, -0.2) is 9.97 Å². The van der Waals surface area contributed by atoms with Crippen molar-refractivity contribution in [2.75, 3.05) is 13.1 Å². The molecule has 3 heterocycles. The second kappa shape index (κ2) is 5.97. The average Bonchev–Trinajstić information content (AvgIpc) is 3.10. The number of piperidine rings is 1. The summed E-state index contributed by atoms with van der Waals surface area (Å²) in [7, 11) is 0. The number of thiazole rings is 1. The lowest BCUT2D eigenvalue weighted by atomic mass is 9.96. The molecule has 5 nitrogen and oxygen atoms in total. The molecular formula is C15H20N4OS. The number of aryl methyl sites for hydroxylation is 2. The summed E-state index contributed by atoms with van der Waals surface area (Å²) in [6.07, 6.45) is 6.12. The molecule has 2 aromatic rings. The van der Waals surface area contributed by atoms with E-state index in [9.17, 15) is 4.79 Å². The van der Waals surface area contributed by atoms with Crippen LogP contribution in [-0.2, 0) is 11.2 Å². The lowest BCUT2D eigenvalue weighted by Gasteiger charge is -2.31. The maximum Gasteiger partial charge on any atom is 0.227 e. The van der Waals surface area contributed by atoms with Crippen LogP contribution in [0.3, 0.4) is 0 Å². The van der Waals surface area contributed by atoms with E-state index in [-0.39, 0.29) is 5.91 Å². The maximum absolute atomic E-state index is 12.4. The molecule has 1 aliphatic rings. The predicted octanol–water partition coefficient (Wildman–Crippen LogP) is 2.43. The molecule has 6 heteroatoms. The largest absolute Gasteiger partial charge is 0.348 e. The highest BCUT2D eigenvalue weighted by Gasteiger charge is 2.25. The molecule has 2 aromatic heterocycles. The first kappa shape index (κ1) is 14.3. The van der Waals surface area contributed by atoms with Crippen molar-refractivity contribution in [3.05, 3.63) is 33.8 Å². The van der Waals surface area contributed by atoms with Gasteiger partial charge in [0.05, 0.1) is 17.1 Å². The fourth-order valence-electron chi connectivity index (χ4n) is 2.89. The van der Waals surface area contributed by atoms with E-state index in [1.54, 1.807) is 17.5 Å². The number of likely N-dealkylation sites (tertiary alicyclic amines) is 1. The number of aromatic amines is 1. The number of carbonyl (C=O) groups excluding carboxylic acids is 1. The van der Waals surface area contributed by atoms with Gasteiger partial charge in [-0.3, -0.25) is 4.79 Å². The van der Waals surface area contributed by atoms with Crippen molar-refractivity contribution in [1.29, 1.82) is 0 Å². The summed E-state index contributed by atoms with van der Waals surface area (Å²) < 4.78 is 0. The standard InChI is InChI=1S/C15H20N4OS/c1-10-13(21-11(2)18-10)9-14(20)19-7-3-12(4-8-19)15-16-5-6-17-15/h5-6,12H,3-4,7-9H2,1-2H3,(H,16,17). The van der Waals surface area contributed by atoms with Crippen LogP contribution in [-0.4, -0.2) is 38.8 Å². The Balaban J connectivity index is 1.56. The Bertz CT molecular complexity index is 612. The highest BCUT2D eigenvalue weighted by molar-refractivity contribution is 7.11. The normalized spacial score (nSPS) is 16.4. The predicted molar refractivity (Wildman–Crippen MR) is 82.4 cm³/mol. The van der Waals surface area contributed by atoms with Crippen LogP contribution < -0.4 is 0 Å². The molecule has 1 fully saturated rings. The summed E-state index contributed by atoms with van der Waals surface area (Å²) in [5.74, 6) is 1.73. The molecule has 1 aliphatic heterocycles. The number of imidazole rings is 1. The molecule has 0 unspecified atom stereocenters. The Morgan fingerprint density at radius 2 is 2.19 bits per heavy atom. The lowest BCUT2D eigenvalue weighted by Crippen LogP contribution is -2.38. The van der Waals surface area contributed by atoms with Crippen LogP contribution in [0.25, 0.3) is 0 Å². The van der Waals surface area contributed by atoms with Gasteiger partial charge in [0.2, 0.25) is 5.91 Å². The van der Waals surface area contributed by atoms with Crippen LogP contribution in [0.15, 0.2) is 12.4 Å². The van der Waals surface area contributed by atoms with E-state index in [1.165, 1.54) is 0 Å². The summed E-state index contributed by atoms with van der Waals surface area (Å²) in [6.45, 7) is 5.61. The second-order valence-electron chi connectivity index (χ2n) is 5.55. The highest BCUT2D eigenvalue weighted by atomic mass is 32.1. The minimum Gasteiger partial charge on any atom is -0.348 e. The van der Waals surface area contributed by atoms with Crippen molar-refractivity contribution in [1.82, 2.24) is 19.9 Å². The quantitative estimate of drug-likeness (QED) is 0.947. The van der Waals surface area contributed by atoms with Gasteiger partial charge in [0.1, 0.15) is 5.82 Å². The number of aromatic nitrogens is 3. The monoisotopic (exact) mass is 304 g/mol. The number of carbonyl (C=O) groups is 1. The molecule has 0 aromatic carbocycles. The van der Waals surface area contributed by atoms with Crippen molar-refractivity contribution in [2.24, 2.45) is 0 Å². The van der Waals surface area contributed by atoms with E-state index in [4.69, 9.17) is 0 Å². The maximum atomic E-state index is 12.4. The first-order valence-electron chi connectivity index (χ1n) is 7.33. The minimum absolute atomic E-state index is 0.222. The van der Waals surface area contributed by atoms with Crippen LogP contribution in [0.4, 0.5) is 0 Å². The molecule has 0 saturated carbocycles. The zero-order valence-electron chi connectivity index (χ0n) is 12.4. The van der Waals surface area contributed by atoms with Crippen LogP contribution in [0.1, 0.15) is 40.2 Å². The summed E-state index contributed by atoms with van der Waals surface area (Å²) in [4.78, 5) is 27.4. The minimum atomic E-state index is 0.222. The van der Waals surface area contributed by atoms with Gasteiger partial charge in [-0.2, -0.15) is 0 Å². The van der Waals surface area contributed by atoms with Crippen molar-refractivity contribution in [2.45, 2.75) is 39.0 Å². The molecule has 21 heavy (non-hydrogen) atoms. The summed E-state index contributed by atoms with van der Waals surface area (Å²) in [6, 6.07) is 0. The van der Waals surface area contributed by atoms with E-state index >= 15 is 0 Å². The van der Waals surface area contributed by atoms with E-state index in [1.807, 2.05) is 24.9 Å². The Hall–Kier alpha value is -1.69. The topological polar surface area (TPSA) is 61.9 Å². The van der Waals surface area contributed by atoms with Crippen molar-refractivity contribution in [3.8, 4) is 0 Å². The number of hydrogen-bond donors (Lipinski definition) is 1. The van der Waals surface area contributed by atoms with Gasteiger partial charge >= 0.3 is 0 Å². The Morgan fingerprint density at radius 3 is 2.76 bits per heavy atom. The van der Waals surface area contributed by atoms with Crippen LogP contribution in [0.5, 0.6) is 0 Å². The molecule has 0 radical (unpaired) electrons. The fraction of sp³-hybridized carbons (Fsp3) is 0.533. The highest BCUT2D eigenvalue weighted by Crippen LogP contribution is 2.26. The van der Waals surface area contributed by atoms with E-state index in [0.29, 0.717) is 12.3 Å². The smallest absolute Gasteiger partial charge is 0.227 e. The third-order valence-electron chi connectivity index (χ3n) is 4.07. The summed E-state index contributed by atoms with van der Waals surface area (Å²) >= 11 is 1.63. The van der Waals surface area contributed by atoms with Gasteiger partial charge in [-0.15, -0.1) is 11.3 Å². The number of nitrogens with zero attached hydrogens (tertiary/aromatic N) is 3. The molecule has 1 saturated heterocycles. The molecule has 3 rings (SSSR count). The number of hydrogen-bond acceptors (Lipinski definition) is 4. The van der Waals surface area contributed by atoms with Gasteiger partial charge < -0.3 is 9.88 Å². The second-order valence-corrected chi connectivity index (χ2v) is 6.84. The van der Waals surface area contributed by atoms with Crippen molar-refractivity contribution in [3.63, 3.8) is 0 Å². The first-order valence-corrected chi connectivity index (χ1v) is 8.15. The van der Waals surface area contributed by atoms with E-state index in [2.05, 4.69) is 15.0 Å². The third kappa shape index (κ3) is 3.15. The number of nitrogens with one attached hydrogen (secondary N) is 1. The molecule has 1 N–H and O–H groups in total. The number of amides is 1. The van der Waals surface area contributed by atoms with Gasteiger partial charge in [0.15, 0.2) is 0 Å². The fourth-order valence-corrected chi connectivity index (χ4v) is 3.82. The molecule has 1 amide bonds. The molecule has 0 bridgehead atoms. The Kier molecular flexibility index (Phi) is 4.05. The molecule has 0 atom stereocenters. The van der Waals surface area contributed by atoms with Crippen LogP contribution in [0, 0.1) is 13.8 Å². The van der Waals surface area contributed by atoms with Gasteiger partial charge in [0.25, 0.3) is 0 Å². The van der Waals surface area contributed by atoms with Gasteiger partial charge in [-0.05, 0) is 26.7 Å². The SMILES string of the molecule is Cc1nc(C)c(CC(=O)N2CCC(c3ncc[nH]3)CC2)s1. The molecule has 0 spiro atoms. The van der Waals surface area contributed by atoms with Gasteiger partial charge in [0, 0.05) is 36.3 Å². The summed E-state index contributed by atoms with van der Waals surface area (Å²) in [5.41, 5.74) is 0.997. The zero-order valence-corrected chi connectivity index (χ0v) is 13.2. The van der Waals surface area contributed by atoms with Crippen LogP contribution in [0.2, 0.25) is 0 Å². The van der Waals surface area contributed by atoms with Crippen molar-refractivity contribution >= 4 is 17.2 Å². The van der Waals surface area contributed by atoms with Gasteiger partial charge in [-0.1, -0.05) is 0 Å². The average molecular weight is 304 g/mol. The number of H-pyrrole nitrogens is 1. The van der Waals surface area contributed by atoms with Crippen LogP contribution >= 0.6 is 11.3 Å². The molecule has 112 valence electrons. The zero-order chi connectivity index (χ0) is 14.8. The molecule has 0 aliphatic carbocycles. The Morgan fingerprint density at radius 1 is 1.43 bits per heavy atom. The van der Waals surface area contributed by atoms with E-state index < -0.39 is 0 Å². The van der Waals surface area contributed by atoms with E-state index in [0.717, 1.165) is 47.3 Å². The molecular weight excluding hydrogens is 284 g/mol. The Labute approximate surface area is 128 Å². The number of rotatable bonds is 3. The lowest BCUT2D eigenvalue weighted by molar-refractivity contribution is -0.131. The summed E-state index contributed by atoms with van der Waals surface area (Å²) in [5, 5.41) is 1.03. The van der Waals surface area contributed by atoms with Crippen molar-refractivity contribution < 1.29 is 4.79 Å².